The number of aromatic nitrogens is 2. The van der Waals surface area contributed by atoms with Gasteiger partial charge in [-0.15, -0.1) is 0 Å². The second-order valence-corrected chi connectivity index (χ2v) is 3.30. The van der Waals surface area contributed by atoms with Gasteiger partial charge in [0.25, 0.3) is 0 Å². The Morgan fingerprint density at radius 1 is 0.941 bits per heavy atom. The first-order valence-corrected chi connectivity index (χ1v) is 4.85. The van der Waals surface area contributed by atoms with Crippen LogP contribution in [-0.4, -0.2) is 9.97 Å². The van der Waals surface area contributed by atoms with Gasteiger partial charge in [0.1, 0.15) is 17.5 Å². The van der Waals surface area contributed by atoms with E-state index in [0.717, 1.165) is 12.4 Å². The average molecular weight is 240 g/mol. The van der Waals surface area contributed by atoms with Crippen molar-refractivity contribution in [3.05, 3.63) is 59.4 Å². The Morgan fingerprint density at radius 2 is 1.53 bits per heavy atom. The van der Waals surface area contributed by atoms with Crippen molar-refractivity contribution in [1.29, 1.82) is 0 Å². The van der Waals surface area contributed by atoms with Gasteiger partial charge in [-0.3, -0.25) is 9.97 Å². The summed E-state index contributed by atoms with van der Waals surface area (Å²) < 4.78 is 36.8. The lowest BCUT2D eigenvalue weighted by atomic mass is 10.3. The fourth-order valence-corrected chi connectivity index (χ4v) is 0.940. The molecule has 2 rings (SSSR count). The highest BCUT2D eigenvalue weighted by atomic mass is 19.1. The molecule has 0 spiro atoms. The van der Waals surface area contributed by atoms with Crippen molar-refractivity contribution >= 4 is 0 Å². The molecule has 2 heterocycles. The Hall–Kier alpha value is -1.91. The van der Waals surface area contributed by atoms with E-state index in [0.29, 0.717) is 5.69 Å². The Labute approximate surface area is 97.2 Å². The maximum atomic E-state index is 12.3. The van der Waals surface area contributed by atoms with Crippen LogP contribution in [0.4, 0.5) is 13.2 Å². The van der Waals surface area contributed by atoms with Crippen molar-refractivity contribution in [2.75, 3.05) is 0 Å². The van der Waals surface area contributed by atoms with Gasteiger partial charge in [-0.1, -0.05) is 0 Å². The Kier molecular flexibility index (Phi) is 4.63. The molecule has 0 aliphatic carbocycles. The first-order chi connectivity index (χ1) is 8.02. The highest BCUT2D eigenvalue weighted by molar-refractivity contribution is 5.11. The van der Waals surface area contributed by atoms with E-state index in [9.17, 15) is 13.2 Å². The van der Waals surface area contributed by atoms with Gasteiger partial charge >= 0.3 is 0 Å². The van der Waals surface area contributed by atoms with Crippen molar-refractivity contribution in [1.82, 2.24) is 9.97 Å². The molecule has 90 valence electrons. The molecule has 0 amide bonds. The number of aryl methyl sites for hydroxylation is 1. The van der Waals surface area contributed by atoms with Crippen molar-refractivity contribution in [3.8, 4) is 0 Å². The minimum Gasteiger partial charge on any atom is -0.259 e. The zero-order chi connectivity index (χ0) is 12.8. The van der Waals surface area contributed by atoms with E-state index in [1.54, 1.807) is 19.2 Å². The van der Waals surface area contributed by atoms with E-state index >= 15 is 0 Å². The van der Waals surface area contributed by atoms with Crippen molar-refractivity contribution in [2.24, 2.45) is 0 Å². The molecule has 0 aliphatic heterocycles. The average Bonchev–Trinajstić information content (AvgIpc) is 2.31. The van der Waals surface area contributed by atoms with E-state index in [1.807, 2.05) is 0 Å². The number of halogens is 3. The topological polar surface area (TPSA) is 25.8 Å². The van der Waals surface area contributed by atoms with Gasteiger partial charge in [0.2, 0.25) is 0 Å². The number of pyridine rings is 2. The van der Waals surface area contributed by atoms with Crippen LogP contribution in [0.25, 0.3) is 0 Å². The minimum absolute atomic E-state index is 0.0185. The van der Waals surface area contributed by atoms with Crippen LogP contribution in [-0.2, 0) is 0 Å². The molecule has 0 bridgehead atoms. The molecule has 0 unspecified atom stereocenters. The fourth-order valence-electron chi connectivity index (χ4n) is 0.940. The maximum absolute atomic E-state index is 12.3. The molecule has 0 aromatic carbocycles. The normalized spacial score (nSPS) is 9.47. The van der Waals surface area contributed by atoms with Crippen molar-refractivity contribution in [2.45, 2.75) is 13.8 Å². The zero-order valence-electron chi connectivity index (χ0n) is 9.42. The van der Waals surface area contributed by atoms with Crippen LogP contribution in [0.3, 0.4) is 0 Å². The molecule has 2 nitrogen and oxygen atoms in total. The molecule has 0 N–H and O–H groups in total. The number of rotatable bonds is 0. The predicted molar refractivity (Wildman–Crippen MR) is 57.8 cm³/mol. The van der Waals surface area contributed by atoms with Crippen molar-refractivity contribution in [3.63, 3.8) is 0 Å². The van der Waals surface area contributed by atoms with Gasteiger partial charge in [-0.2, -0.15) is 0 Å². The number of hydrogen-bond acceptors (Lipinski definition) is 2. The van der Waals surface area contributed by atoms with E-state index in [-0.39, 0.29) is 11.4 Å². The molecule has 2 aromatic heterocycles. The summed E-state index contributed by atoms with van der Waals surface area (Å²) in [7, 11) is 0. The standard InChI is InChI=1S/C6H5F2N.C6H6FN/c1-4-5(7)2-9-3-6(4)8;1-5-6(7)3-2-4-8-5/h2-3H,1H3;2-4H,1H3. The molecule has 17 heavy (non-hydrogen) atoms. The summed E-state index contributed by atoms with van der Waals surface area (Å²) in [4.78, 5) is 7.00. The Bertz CT molecular complexity index is 460. The zero-order valence-corrected chi connectivity index (χ0v) is 9.42. The van der Waals surface area contributed by atoms with Crippen LogP contribution in [0.1, 0.15) is 11.3 Å². The molecule has 5 heteroatoms. The lowest BCUT2D eigenvalue weighted by Crippen LogP contribution is -1.88. The molecule has 2 aromatic rings. The second-order valence-electron chi connectivity index (χ2n) is 3.30. The summed E-state index contributed by atoms with van der Waals surface area (Å²) in [5.41, 5.74) is 0.470. The number of nitrogens with zero attached hydrogens (tertiary/aromatic N) is 2. The molecule has 0 saturated heterocycles. The van der Waals surface area contributed by atoms with Crippen LogP contribution in [0.5, 0.6) is 0 Å². The molecule has 0 saturated carbocycles. The monoisotopic (exact) mass is 240 g/mol. The second kappa shape index (κ2) is 5.98. The van der Waals surface area contributed by atoms with Gasteiger partial charge in [-0.25, -0.2) is 13.2 Å². The fraction of sp³-hybridized carbons (Fsp3) is 0.167. The number of hydrogen-bond donors (Lipinski definition) is 0. The lowest BCUT2D eigenvalue weighted by Gasteiger charge is -1.93. The third-order valence-corrected chi connectivity index (χ3v) is 2.03. The molecule has 0 fully saturated rings. The molecule has 0 atom stereocenters. The van der Waals surface area contributed by atoms with Gasteiger partial charge < -0.3 is 0 Å². The van der Waals surface area contributed by atoms with Gasteiger partial charge in [0.05, 0.1) is 18.1 Å². The van der Waals surface area contributed by atoms with Crippen LogP contribution < -0.4 is 0 Å². The summed E-state index contributed by atoms with van der Waals surface area (Å²) in [6, 6.07) is 2.96. The summed E-state index contributed by atoms with van der Waals surface area (Å²) in [5.74, 6) is -1.45. The Morgan fingerprint density at radius 3 is 1.88 bits per heavy atom. The minimum atomic E-state index is -0.602. The first-order valence-electron chi connectivity index (χ1n) is 4.85. The molecule has 0 radical (unpaired) electrons. The highest BCUT2D eigenvalue weighted by Crippen LogP contribution is 2.06. The SMILES string of the molecule is Cc1c(F)cncc1F.Cc1ncccc1F. The summed E-state index contributed by atoms with van der Waals surface area (Å²) in [5, 5.41) is 0. The first kappa shape index (κ1) is 13.2. The highest BCUT2D eigenvalue weighted by Gasteiger charge is 2.00. The maximum Gasteiger partial charge on any atom is 0.147 e. The van der Waals surface area contributed by atoms with E-state index in [2.05, 4.69) is 9.97 Å². The van der Waals surface area contributed by atoms with Gasteiger partial charge in [-0.05, 0) is 26.0 Å². The Balaban J connectivity index is 0.000000171. The van der Waals surface area contributed by atoms with Crippen LogP contribution in [0, 0.1) is 31.3 Å². The van der Waals surface area contributed by atoms with Crippen LogP contribution in [0.2, 0.25) is 0 Å². The van der Waals surface area contributed by atoms with E-state index < -0.39 is 11.6 Å². The van der Waals surface area contributed by atoms with E-state index in [1.165, 1.54) is 13.0 Å². The largest absolute Gasteiger partial charge is 0.259 e. The third-order valence-electron chi connectivity index (χ3n) is 2.03. The summed E-state index contributed by atoms with van der Waals surface area (Å²) >= 11 is 0. The van der Waals surface area contributed by atoms with Crippen LogP contribution in [0.15, 0.2) is 30.7 Å². The quantitative estimate of drug-likeness (QED) is 0.706. The third kappa shape index (κ3) is 3.86. The lowest BCUT2D eigenvalue weighted by molar-refractivity contribution is 0.558. The molecule has 0 aliphatic rings. The molecular weight excluding hydrogens is 229 g/mol. The van der Waals surface area contributed by atoms with Gasteiger partial charge in [0, 0.05) is 11.8 Å². The van der Waals surface area contributed by atoms with Gasteiger partial charge in [0.15, 0.2) is 0 Å². The smallest absolute Gasteiger partial charge is 0.147 e. The summed E-state index contributed by atoms with van der Waals surface area (Å²) in [6.45, 7) is 3.00. The molecular formula is C12H11F3N2. The van der Waals surface area contributed by atoms with Crippen LogP contribution >= 0.6 is 0 Å². The summed E-state index contributed by atoms with van der Waals surface area (Å²) in [6.07, 6.45) is 3.54. The van der Waals surface area contributed by atoms with E-state index in [4.69, 9.17) is 0 Å². The predicted octanol–water partition coefficient (Wildman–Crippen LogP) is 3.20. The van der Waals surface area contributed by atoms with Crippen molar-refractivity contribution < 1.29 is 13.2 Å².